The van der Waals surface area contributed by atoms with Crippen molar-refractivity contribution >= 4 is 28.5 Å². The third-order valence-corrected chi connectivity index (χ3v) is 4.72. The molecule has 0 bridgehead atoms. The van der Waals surface area contributed by atoms with Crippen LogP contribution in [0.3, 0.4) is 0 Å². The lowest BCUT2D eigenvalue weighted by molar-refractivity contribution is -0.147. The van der Waals surface area contributed by atoms with E-state index in [-0.39, 0.29) is 6.03 Å². The van der Waals surface area contributed by atoms with Crippen LogP contribution in [0, 0.1) is 0 Å². The van der Waals surface area contributed by atoms with Crippen LogP contribution in [0.1, 0.15) is 13.8 Å². The molecule has 0 saturated carbocycles. The Morgan fingerprint density at radius 2 is 1.95 bits per heavy atom. The van der Waals surface area contributed by atoms with Crippen molar-refractivity contribution < 1.29 is 14.7 Å². The fourth-order valence-electron chi connectivity index (χ4n) is 2.06. The smallest absolute Gasteiger partial charge is 0.329 e. The molecule has 2 amide bonds. The number of aromatic nitrogens is 1. The summed E-state index contributed by atoms with van der Waals surface area (Å²) < 4.78 is 0. The predicted octanol–water partition coefficient (Wildman–Crippen LogP) is 1.18. The van der Waals surface area contributed by atoms with Gasteiger partial charge in [0.1, 0.15) is 5.54 Å². The maximum atomic E-state index is 12.4. The van der Waals surface area contributed by atoms with E-state index in [0.717, 1.165) is 5.13 Å². The van der Waals surface area contributed by atoms with Gasteiger partial charge in [0.05, 0.1) is 0 Å². The summed E-state index contributed by atoms with van der Waals surface area (Å²) in [7, 11) is 1.53. The van der Waals surface area contributed by atoms with Crippen molar-refractivity contribution in [1.82, 2.24) is 14.8 Å². The van der Waals surface area contributed by atoms with E-state index in [1.54, 1.807) is 22.4 Å². The molecule has 0 spiro atoms. The number of carbonyl (C=O) groups excluding carboxylic acids is 1. The van der Waals surface area contributed by atoms with Crippen LogP contribution in [0.2, 0.25) is 0 Å². The Labute approximate surface area is 127 Å². The fraction of sp³-hybridized carbons (Fsp3) is 0.615. The highest BCUT2D eigenvalue weighted by Gasteiger charge is 2.37. The molecule has 7 nitrogen and oxygen atoms in total. The van der Waals surface area contributed by atoms with Crippen molar-refractivity contribution in [2.45, 2.75) is 19.4 Å². The number of likely N-dealkylation sites (N-methyl/N-ethyl adjacent to an activating group) is 1. The predicted molar refractivity (Wildman–Crippen MR) is 80.8 cm³/mol. The van der Waals surface area contributed by atoms with Crippen LogP contribution in [-0.2, 0) is 4.79 Å². The summed E-state index contributed by atoms with van der Waals surface area (Å²) in [5.41, 5.74) is -1.22. The third kappa shape index (κ3) is 3.10. The van der Waals surface area contributed by atoms with Crippen LogP contribution in [0.15, 0.2) is 11.6 Å². The number of hydrogen-bond donors (Lipinski definition) is 1. The lowest BCUT2D eigenvalue weighted by atomic mass is 10.0. The Balaban J connectivity index is 1.96. The first-order valence-corrected chi connectivity index (χ1v) is 7.62. The lowest BCUT2D eigenvalue weighted by Gasteiger charge is -2.40. The number of hydrogen-bond acceptors (Lipinski definition) is 5. The second-order valence-corrected chi connectivity index (χ2v) is 6.37. The van der Waals surface area contributed by atoms with E-state index in [1.165, 1.54) is 25.8 Å². The minimum Gasteiger partial charge on any atom is -0.480 e. The summed E-state index contributed by atoms with van der Waals surface area (Å²) in [6.45, 7) is 5.61. The number of carbonyl (C=O) groups is 2. The molecule has 2 rings (SSSR count). The Hall–Kier alpha value is -1.83. The Bertz CT molecular complexity index is 509. The molecule has 0 aromatic carbocycles. The first-order chi connectivity index (χ1) is 9.84. The van der Waals surface area contributed by atoms with Crippen molar-refractivity contribution in [2.24, 2.45) is 0 Å². The first kappa shape index (κ1) is 15.6. The SMILES string of the molecule is CN(C(=O)N1CCN(c2nccs2)CC1)C(C)(C)C(=O)O. The number of piperazine rings is 1. The highest BCUT2D eigenvalue weighted by molar-refractivity contribution is 7.13. The van der Waals surface area contributed by atoms with Crippen LogP contribution in [0.4, 0.5) is 9.93 Å². The molecule has 8 heteroatoms. The highest BCUT2D eigenvalue weighted by Crippen LogP contribution is 2.20. The second-order valence-electron chi connectivity index (χ2n) is 5.49. The van der Waals surface area contributed by atoms with Crippen molar-refractivity contribution in [2.75, 3.05) is 38.1 Å². The Morgan fingerprint density at radius 1 is 1.33 bits per heavy atom. The van der Waals surface area contributed by atoms with Crippen molar-refractivity contribution in [1.29, 1.82) is 0 Å². The van der Waals surface area contributed by atoms with E-state index in [1.807, 2.05) is 5.38 Å². The van der Waals surface area contributed by atoms with E-state index in [2.05, 4.69) is 9.88 Å². The number of nitrogens with zero attached hydrogens (tertiary/aromatic N) is 4. The average Bonchev–Trinajstić information content (AvgIpc) is 3.00. The fourth-order valence-corrected chi connectivity index (χ4v) is 2.75. The number of anilines is 1. The quantitative estimate of drug-likeness (QED) is 0.907. The minimum absolute atomic E-state index is 0.249. The van der Waals surface area contributed by atoms with Gasteiger partial charge >= 0.3 is 12.0 Å². The van der Waals surface area contributed by atoms with E-state index >= 15 is 0 Å². The molecule has 1 aliphatic rings. The van der Waals surface area contributed by atoms with Crippen LogP contribution >= 0.6 is 11.3 Å². The van der Waals surface area contributed by atoms with Gasteiger partial charge in [0.15, 0.2) is 5.13 Å². The van der Waals surface area contributed by atoms with Gasteiger partial charge in [0.2, 0.25) is 0 Å². The van der Waals surface area contributed by atoms with Crippen LogP contribution in [0.5, 0.6) is 0 Å². The second kappa shape index (κ2) is 5.88. The molecule has 0 radical (unpaired) electrons. The van der Waals surface area contributed by atoms with Gasteiger partial charge in [-0.3, -0.25) is 0 Å². The number of amides is 2. The van der Waals surface area contributed by atoms with Gasteiger partial charge in [-0.1, -0.05) is 0 Å². The molecule has 1 aliphatic heterocycles. The molecule has 2 heterocycles. The van der Waals surface area contributed by atoms with Crippen molar-refractivity contribution in [3.05, 3.63) is 11.6 Å². The molecule has 1 saturated heterocycles. The number of aliphatic carboxylic acids is 1. The van der Waals surface area contributed by atoms with Gasteiger partial charge in [0.25, 0.3) is 0 Å². The molecule has 21 heavy (non-hydrogen) atoms. The van der Waals surface area contributed by atoms with Gasteiger partial charge in [-0.25, -0.2) is 14.6 Å². The third-order valence-electron chi connectivity index (χ3n) is 3.89. The maximum absolute atomic E-state index is 12.4. The molecular weight excluding hydrogens is 292 g/mol. The molecular formula is C13H20N4O3S. The summed E-state index contributed by atoms with van der Waals surface area (Å²) >= 11 is 1.58. The average molecular weight is 312 g/mol. The topological polar surface area (TPSA) is 77.0 Å². The number of thiazole rings is 1. The normalized spacial score (nSPS) is 16.0. The maximum Gasteiger partial charge on any atom is 0.329 e. The Morgan fingerprint density at radius 3 is 2.43 bits per heavy atom. The molecule has 0 aliphatic carbocycles. The van der Waals surface area contributed by atoms with Crippen molar-refractivity contribution in [3.63, 3.8) is 0 Å². The monoisotopic (exact) mass is 312 g/mol. The van der Waals surface area contributed by atoms with E-state index in [9.17, 15) is 14.7 Å². The van der Waals surface area contributed by atoms with Crippen molar-refractivity contribution in [3.8, 4) is 0 Å². The van der Waals surface area contributed by atoms with E-state index < -0.39 is 11.5 Å². The minimum atomic E-state index is -1.22. The largest absolute Gasteiger partial charge is 0.480 e. The summed E-state index contributed by atoms with van der Waals surface area (Å²) in [5, 5.41) is 12.1. The standard InChI is InChI=1S/C13H20N4O3S/c1-13(2,10(18)19)15(3)12(20)17-7-5-16(6-8-17)11-14-4-9-21-11/h4,9H,5-8H2,1-3H3,(H,18,19). The molecule has 1 aromatic heterocycles. The number of carboxylic acids is 1. The number of carboxylic acid groups (broad SMARTS) is 1. The zero-order chi connectivity index (χ0) is 15.6. The molecule has 0 atom stereocenters. The van der Waals surface area contributed by atoms with Gasteiger partial charge < -0.3 is 19.8 Å². The lowest BCUT2D eigenvalue weighted by Crippen LogP contribution is -2.58. The van der Waals surface area contributed by atoms with Gasteiger partial charge in [0, 0.05) is 44.8 Å². The number of rotatable bonds is 3. The van der Waals surface area contributed by atoms with Gasteiger partial charge in [-0.2, -0.15) is 0 Å². The Kier molecular flexibility index (Phi) is 4.36. The van der Waals surface area contributed by atoms with Crippen LogP contribution < -0.4 is 4.90 Å². The van der Waals surface area contributed by atoms with E-state index in [0.29, 0.717) is 26.2 Å². The summed E-state index contributed by atoms with van der Waals surface area (Å²) in [6.07, 6.45) is 1.76. The zero-order valence-electron chi connectivity index (χ0n) is 12.4. The molecule has 1 N–H and O–H groups in total. The van der Waals surface area contributed by atoms with E-state index in [4.69, 9.17) is 0 Å². The zero-order valence-corrected chi connectivity index (χ0v) is 13.3. The molecule has 0 unspecified atom stereocenters. The van der Waals surface area contributed by atoms with Gasteiger partial charge in [-0.05, 0) is 13.8 Å². The molecule has 1 fully saturated rings. The summed E-state index contributed by atoms with van der Waals surface area (Å²) in [5.74, 6) is -1.01. The molecule has 1 aromatic rings. The van der Waals surface area contributed by atoms with Crippen LogP contribution in [0.25, 0.3) is 0 Å². The summed E-state index contributed by atoms with van der Waals surface area (Å²) in [6, 6.07) is -0.249. The summed E-state index contributed by atoms with van der Waals surface area (Å²) in [4.78, 5) is 33.0. The van der Waals surface area contributed by atoms with Crippen LogP contribution in [-0.4, -0.2) is 70.7 Å². The number of urea groups is 1. The highest BCUT2D eigenvalue weighted by atomic mass is 32.1. The van der Waals surface area contributed by atoms with Gasteiger partial charge in [-0.15, -0.1) is 11.3 Å². The first-order valence-electron chi connectivity index (χ1n) is 6.74. The molecule has 116 valence electrons.